The molecular weight excluding hydrogens is 504 g/mol. The average molecular weight is 535 g/mol. The summed E-state index contributed by atoms with van der Waals surface area (Å²) in [5.41, 5.74) is 14.1. The minimum Gasteiger partial charge on any atom is -0.365 e. The number of hydrogen-bond donors (Lipinski definition) is 4. The number of thioether (sulfide) groups is 1. The highest BCUT2D eigenvalue weighted by Gasteiger charge is 2.26. The highest BCUT2D eigenvalue weighted by Crippen LogP contribution is 2.39. The largest absolute Gasteiger partial charge is 0.365 e. The molecule has 4 amide bonds. The van der Waals surface area contributed by atoms with E-state index < -0.39 is 11.8 Å². The third-order valence-corrected chi connectivity index (χ3v) is 9.69. The van der Waals surface area contributed by atoms with Gasteiger partial charge >= 0.3 is 0 Å². The van der Waals surface area contributed by atoms with Gasteiger partial charge in [-0.15, -0.1) is 22.7 Å². The van der Waals surface area contributed by atoms with Crippen LogP contribution in [-0.4, -0.2) is 35.1 Å². The number of primary amides is 2. The molecule has 2 aromatic rings. The van der Waals surface area contributed by atoms with E-state index >= 15 is 0 Å². The van der Waals surface area contributed by atoms with Crippen LogP contribution in [0.4, 0.5) is 10.0 Å². The van der Waals surface area contributed by atoms with Gasteiger partial charge in [-0.1, -0.05) is 0 Å². The van der Waals surface area contributed by atoms with Crippen LogP contribution in [0.3, 0.4) is 0 Å². The number of nitrogens with one attached hydrogen (secondary N) is 2. The predicted molar refractivity (Wildman–Crippen MR) is 143 cm³/mol. The smallest absolute Gasteiger partial charge is 0.251 e. The molecule has 2 aliphatic rings. The van der Waals surface area contributed by atoms with E-state index in [0.29, 0.717) is 32.6 Å². The van der Waals surface area contributed by atoms with E-state index in [4.69, 9.17) is 11.5 Å². The van der Waals surface area contributed by atoms with Crippen molar-refractivity contribution < 1.29 is 19.2 Å². The Morgan fingerprint density at radius 2 is 1.09 bits per heavy atom. The van der Waals surface area contributed by atoms with Crippen molar-refractivity contribution in [2.45, 2.75) is 64.2 Å². The summed E-state index contributed by atoms with van der Waals surface area (Å²) in [7, 11) is 0. The second kappa shape index (κ2) is 11.6. The quantitative estimate of drug-likeness (QED) is 0.342. The fraction of sp³-hybridized carbons (Fsp3) is 0.500. The fourth-order valence-electron chi connectivity index (χ4n) is 4.64. The van der Waals surface area contributed by atoms with Crippen LogP contribution in [-0.2, 0) is 35.3 Å². The molecule has 0 saturated carbocycles. The maximum Gasteiger partial charge on any atom is 0.251 e. The van der Waals surface area contributed by atoms with E-state index in [0.717, 1.165) is 72.2 Å². The van der Waals surface area contributed by atoms with E-state index in [-0.39, 0.29) is 24.7 Å². The number of anilines is 2. The molecule has 35 heavy (non-hydrogen) atoms. The van der Waals surface area contributed by atoms with Crippen LogP contribution in [0, 0.1) is 0 Å². The Morgan fingerprint density at radius 1 is 0.686 bits per heavy atom. The third kappa shape index (κ3) is 6.07. The lowest BCUT2D eigenvalue weighted by Crippen LogP contribution is -2.19. The molecule has 8 nitrogen and oxygen atoms in total. The predicted octanol–water partition coefficient (Wildman–Crippen LogP) is 3.86. The van der Waals surface area contributed by atoms with E-state index in [1.54, 1.807) is 0 Å². The zero-order valence-corrected chi connectivity index (χ0v) is 21.9. The van der Waals surface area contributed by atoms with Crippen LogP contribution in [0.25, 0.3) is 0 Å². The summed E-state index contributed by atoms with van der Waals surface area (Å²) < 4.78 is 0. The highest BCUT2D eigenvalue weighted by molar-refractivity contribution is 7.99. The van der Waals surface area contributed by atoms with Crippen molar-refractivity contribution in [1.82, 2.24) is 0 Å². The van der Waals surface area contributed by atoms with Crippen molar-refractivity contribution in [2.75, 3.05) is 22.1 Å². The third-order valence-electron chi connectivity index (χ3n) is 6.29. The first-order valence-corrected chi connectivity index (χ1v) is 14.7. The van der Waals surface area contributed by atoms with Crippen molar-refractivity contribution in [1.29, 1.82) is 0 Å². The molecule has 2 aromatic heterocycles. The summed E-state index contributed by atoms with van der Waals surface area (Å²) in [6, 6.07) is 0. The number of thiophene rings is 2. The Labute approximate surface area is 216 Å². The number of nitrogens with two attached hydrogens (primary N) is 2. The lowest BCUT2D eigenvalue weighted by molar-refractivity contribution is -0.116. The number of carbonyl (C=O) groups is 4. The molecule has 0 fully saturated rings. The summed E-state index contributed by atoms with van der Waals surface area (Å²) >= 11 is 4.42. The minimum atomic E-state index is -0.494. The van der Waals surface area contributed by atoms with Gasteiger partial charge in [0.25, 0.3) is 11.8 Å². The maximum atomic E-state index is 12.4. The maximum absolute atomic E-state index is 12.4. The lowest BCUT2D eigenvalue weighted by Gasteiger charge is -2.11. The molecule has 11 heteroatoms. The number of amides is 4. The fourth-order valence-corrected chi connectivity index (χ4v) is 8.12. The standard InChI is InChI=1S/C24H30N4O4S3/c25-21(31)19-13-5-1-3-7-15(13)34-23(19)27-17(29)9-11-33-12-10-18(30)28-24-20(22(26)32)14-6-2-4-8-16(14)35-24/h1-12H2,(H2,25,31)(H2,26,32)(H,27,29)(H,28,30). The van der Waals surface area contributed by atoms with Crippen LogP contribution >= 0.6 is 34.4 Å². The highest BCUT2D eigenvalue weighted by atomic mass is 32.2. The Bertz CT molecular complexity index is 1070. The van der Waals surface area contributed by atoms with Crippen molar-refractivity contribution in [3.8, 4) is 0 Å². The molecule has 188 valence electrons. The SMILES string of the molecule is NC(=O)c1c(NC(=O)CCSCCC(=O)Nc2sc3c(c2C(N)=O)CCCC3)sc2c1CCCC2. The van der Waals surface area contributed by atoms with Crippen molar-refractivity contribution in [2.24, 2.45) is 11.5 Å². The molecule has 6 N–H and O–H groups in total. The Morgan fingerprint density at radius 3 is 1.49 bits per heavy atom. The van der Waals surface area contributed by atoms with Crippen LogP contribution in [0.5, 0.6) is 0 Å². The zero-order chi connectivity index (χ0) is 24.9. The molecule has 0 aliphatic heterocycles. The molecule has 0 bridgehead atoms. The van der Waals surface area contributed by atoms with Gasteiger partial charge in [0.1, 0.15) is 10.0 Å². The first-order valence-electron chi connectivity index (χ1n) is 11.9. The Hall–Kier alpha value is -2.37. The molecule has 0 radical (unpaired) electrons. The first kappa shape index (κ1) is 25.7. The van der Waals surface area contributed by atoms with Gasteiger partial charge in [0.15, 0.2) is 0 Å². The monoisotopic (exact) mass is 534 g/mol. The van der Waals surface area contributed by atoms with Gasteiger partial charge < -0.3 is 22.1 Å². The molecule has 2 heterocycles. The van der Waals surface area contributed by atoms with Gasteiger partial charge in [0.2, 0.25) is 11.8 Å². The van der Waals surface area contributed by atoms with Crippen molar-refractivity contribution >= 4 is 68.1 Å². The summed E-state index contributed by atoms with van der Waals surface area (Å²) in [6.45, 7) is 0. The molecular formula is C24H30N4O4S3. The normalized spacial score (nSPS) is 14.6. The van der Waals surface area contributed by atoms with E-state index in [1.165, 1.54) is 34.4 Å². The summed E-state index contributed by atoms with van der Waals surface area (Å²) in [6.07, 6.45) is 8.27. The number of carbonyl (C=O) groups excluding carboxylic acids is 4. The molecule has 0 atom stereocenters. The first-order chi connectivity index (χ1) is 16.8. The van der Waals surface area contributed by atoms with Crippen LogP contribution < -0.4 is 22.1 Å². The molecule has 2 aliphatic carbocycles. The van der Waals surface area contributed by atoms with Gasteiger partial charge in [0, 0.05) is 34.1 Å². The molecule has 0 aromatic carbocycles. The van der Waals surface area contributed by atoms with Gasteiger partial charge in [-0.3, -0.25) is 19.2 Å². The average Bonchev–Trinajstić information content (AvgIpc) is 3.36. The second-order valence-electron chi connectivity index (χ2n) is 8.77. The molecule has 4 rings (SSSR count). The summed E-state index contributed by atoms with van der Waals surface area (Å²) in [5.74, 6) is -0.222. The summed E-state index contributed by atoms with van der Waals surface area (Å²) in [4.78, 5) is 51.1. The van der Waals surface area contributed by atoms with Gasteiger partial charge in [-0.05, 0) is 62.5 Å². The minimum absolute atomic E-state index is 0.168. The van der Waals surface area contributed by atoms with E-state index in [9.17, 15) is 19.2 Å². The molecule has 0 unspecified atom stereocenters. The van der Waals surface area contributed by atoms with Crippen molar-refractivity contribution in [3.63, 3.8) is 0 Å². The van der Waals surface area contributed by atoms with Crippen LogP contribution in [0.15, 0.2) is 0 Å². The Kier molecular flexibility index (Phi) is 8.51. The summed E-state index contributed by atoms with van der Waals surface area (Å²) in [5, 5.41) is 6.85. The number of rotatable bonds is 10. The molecule has 0 saturated heterocycles. The van der Waals surface area contributed by atoms with Gasteiger partial charge in [0.05, 0.1) is 11.1 Å². The number of aryl methyl sites for hydroxylation is 2. The topological polar surface area (TPSA) is 144 Å². The Balaban J connectivity index is 1.22. The van der Waals surface area contributed by atoms with E-state index in [2.05, 4.69) is 10.6 Å². The molecule has 0 spiro atoms. The number of hydrogen-bond acceptors (Lipinski definition) is 7. The zero-order valence-electron chi connectivity index (χ0n) is 19.5. The van der Waals surface area contributed by atoms with Crippen LogP contribution in [0.2, 0.25) is 0 Å². The van der Waals surface area contributed by atoms with Gasteiger partial charge in [-0.25, -0.2) is 0 Å². The van der Waals surface area contributed by atoms with Crippen LogP contribution in [0.1, 0.15) is 80.1 Å². The number of fused-ring (bicyclic) bond motifs is 2. The second-order valence-corrected chi connectivity index (χ2v) is 12.2. The van der Waals surface area contributed by atoms with E-state index in [1.807, 2.05) is 0 Å². The van der Waals surface area contributed by atoms with Crippen molar-refractivity contribution in [3.05, 3.63) is 32.0 Å². The van der Waals surface area contributed by atoms with Gasteiger partial charge in [-0.2, -0.15) is 11.8 Å². The lowest BCUT2D eigenvalue weighted by atomic mass is 9.95.